The fourth-order valence-electron chi connectivity index (χ4n) is 1.97. The van der Waals surface area contributed by atoms with Crippen molar-refractivity contribution >= 4 is 0 Å². The Hall–Kier alpha value is -0.0400. The Bertz CT molecular complexity index is 125. The van der Waals surface area contributed by atoms with Crippen molar-refractivity contribution in [1.29, 1.82) is 0 Å². The van der Waals surface area contributed by atoms with Crippen LogP contribution in [-0.2, 0) is 0 Å². The van der Waals surface area contributed by atoms with Crippen molar-refractivity contribution in [2.75, 3.05) is 0 Å². The van der Waals surface area contributed by atoms with Crippen LogP contribution in [0.5, 0.6) is 0 Å². The average molecular weight is 183 g/mol. The standard InChI is InChI=1S/C12H25N/c1-4-11(5-2)13-12(6-3)9-10-7-8-10/h10-13H,4-9H2,1-3H3. The van der Waals surface area contributed by atoms with Gasteiger partial charge in [-0.15, -0.1) is 0 Å². The van der Waals surface area contributed by atoms with Crippen molar-refractivity contribution in [1.82, 2.24) is 5.32 Å². The van der Waals surface area contributed by atoms with Crippen LogP contribution >= 0.6 is 0 Å². The summed E-state index contributed by atoms with van der Waals surface area (Å²) >= 11 is 0. The summed E-state index contributed by atoms with van der Waals surface area (Å²) in [6.45, 7) is 6.87. The Morgan fingerprint density at radius 3 is 1.92 bits per heavy atom. The van der Waals surface area contributed by atoms with Gasteiger partial charge in [0.05, 0.1) is 0 Å². The average Bonchev–Trinajstić information content (AvgIpc) is 2.95. The van der Waals surface area contributed by atoms with Gasteiger partial charge in [-0.3, -0.25) is 0 Å². The van der Waals surface area contributed by atoms with Crippen molar-refractivity contribution in [3.8, 4) is 0 Å². The van der Waals surface area contributed by atoms with Crippen LogP contribution in [0, 0.1) is 5.92 Å². The third kappa shape index (κ3) is 4.12. The molecule has 0 aromatic heterocycles. The van der Waals surface area contributed by atoms with Gasteiger partial charge in [0, 0.05) is 12.1 Å². The molecule has 1 N–H and O–H groups in total. The molecule has 0 heterocycles. The van der Waals surface area contributed by atoms with Gasteiger partial charge in [-0.2, -0.15) is 0 Å². The van der Waals surface area contributed by atoms with Crippen molar-refractivity contribution < 1.29 is 0 Å². The first-order valence-corrected chi connectivity index (χ1v) is 6.06. The molecule has 0 aromatic rings. The molecule has 1 heteroatoms. The molecule has 1 unspecified atom stereocenters. The van der Waals surface area contributed by atoms with Gasteiger partial charge in [-0.1, -0.05) is 33.6 Å². The summed E-state index contributed by atoms with van der Waals surface area (Å²) < 4.78 is 0. The summed E-state index contributed by atoms with van der Waals surface area (Å²) in [5.74, 6) is 1.06. The van der Waals surface area contributed by atoms with Crippen LogP contribution in [0.1, 0.15) is 59.3 Å². The lowest BCUT2D eigenvalue weighted by atomic mass is 10.0. The number of hydrogen-bond acceptors (Lipinski definition) is 1. The monoisotopic (exact) mass is 183 g/mol. The normalized spacial score (nSPS) is 19.4. The second-order valence-corrected chi connectivity index (χ2v) is 4.46. The molecule has 1 saturated carbocycles. The highest BCUT2D eigenvalue weighted by atomic mass is 14.9. The van der Waals surface area contributed by atoms with Crippen molar-refractivity contribution in [2.24, 2.45) is 5.92 Å². The zero-order valence-corrected chi connectivity index (χ0v) is 9.47. The van der Waals surface area contributed by atoms with Crippen LogP contribution in [0.2, 0.25) is 0 Å². The maximum atomic E-state index is 3.77. The van der Waals surface area contributed by atoms with Crippen LogP contribution in [0.4, 0.5) is 0 Å². The summed E-state index contributed by atoms with van der Waals surface area (Å²) in [4.78, 5) is 0. The Kier molecular flexibility index (Phi) is 4.79. The molecule has 1 atom stereocenters. The second kappa shape index (κ2) is 5.64. The van der Waals surface area contributed by atoms with Crippen LogP contribution in [0.3, 0.4) is 0 Å². The molecule has 1 fully saturated rings. The minimum Gasteiger partial charge on any atom is -0.311 e. The second-order valence-electron chi connectivity index (χ2n) is 4.46. The number of rotatable bonds is 7. The Morgan fingerprint density at radius 1 is 1.00 bits per heavy atom. The van der Waals surface area contributed by atoms with Crippen molar-refractivity contribution in [3.63, 3.8) is 0 Å². The van der Waals surface area contributed by atoms with Crippen LogP contribution in [-0.4, -0.2) is 12.1 Å². The third-order valence-corrected chi connectivity index (χ3v) is 3.26. The molecule has 13 heavy (non-hydrogen) atoms. The lowest BCUT2D eigenvalue weighted by molar-refractivity contribution is 0.371. The largest absolute Gasteiger partial charge is 0.311 e. The molecular formula is C12H25N. The minimum absolute atomic E-state index is 0.753. The molecular weight excluding hydrogens is 158 g/mol. The molecule has 0 bridgehead atoms. The van der Waals surface area contributed by atoms with E-state index in [1.54, 1.807) is 0 Å². The maximum absolute atomic E-state index is 3.77. The Labute approximate surface area is 83.3 Å². The summed E-state index contributed by atoms with van der Waals surface area (Å²) in [5.41, 5.74) is 0. The van der Waals surface area contributed by atoms with E-state index in [0.29, 0.717) is 0 Å². The number of nitrogens with one attached hydrogen (secondary N) is 1. The number of hydrogen-bond donors (Lipinski definition) is 1. The highest BCUT2D eigenvalue weighted by Crippen LogP contribution is 2.34. The van der Waals surface area contributed by atoms with E-state index in [2.05, 4.69) is 26.1 Å². The van der Waals surface area contributed by atoms with Gasteiger partial charge in [-0.25, -0.2) is 0 Å². The fraction of sp³-hybridized carbons (Fsp3) is 1.00. The van der Waals surface area contributed by atoms with E-state index in [1.807, 2.05) is 0 Å². The third-order valence-electron chi connectivity index (χ3n) is 3.26. The zero-order chi connectivity index (χ0) is 9.68. The molecule has 1 aliphatic carbocycles. The summed E-state index contributed by atoms with van der Waals surface area (Å²) in [7, 11) is 0. The quantitative estimate of drug-likeness (QED) is 0.638. The first-order chi connectivity index (χ1) is 6.30. The van der Waals surface area contributed by atoms with Gasteiger partial charge >= 0.3 is 0 Å². The molecule has 0 amide bonds. The van der Waals surface area contributed by atoms with E-state index in [9.17, 15) is 0 Å². The van der Waals surface area contributed by atoms with E-state index in [4.69, 9.17) is 0 Å². The molecule has 0 aromatic carbocycles. The topological polar surface area (TPSA) is 12.0 Å². The van der Waals surface area contributed by atoms with Gasteiger partial charge in [-0.05, 0) is 31.6 Å². The van der Waals surface area contributed by atoms with E-state index in [0.717, 1.165) is 18.0 Å². The minimum atomic E-state index is 0.753. The molecule has 0 spiro atoms. The first kappa shape index (κ1) is 11.0. The summed E-state index contributed by atoms with van der Waals surface area (Å²) in [5, 5.41) is 3.77. The molecule has 0 aliphatic heterocycles. The summed E-state index contributed by atoms with van der Waals surface area (Å²) in [6, 6.07) is 1.54. The van der Waals surface area contributed by atoms with Crippen LogP contribution in [0.15, 0.2) is 0 Å². The molecule has 1 nitrogen and oxygen atoms in total. The highest BCUT2D eigenvalue weighted by molar-refractivity contribution is 4.81. The lowest BCUT2D eigenvalue weighted by Gasteiger charge is -2.23. The first-order valence-electron chi connectivity index (χ1n) is 6.06. The molecule has 78 valence electrons. The van der Waals surface area contributed by atoms with E-state index < -0.39 is 0 Å². The SMILES string of the molecule is CCC(CC)NC(CC)CC1CC1. The fourth-order valence-corrected chi connectivity index (χ4v) is 1.97. The summed E-state index contributed by atoms with van der Waals surface area (Å²) in [6.07, 6.45) is 8.25. The van der Waals surface area contributed by atoms with Gasteiger partial charge in [0.2, 0.25) is 0 Å². The van der Waals surface area contributed by atoms with E-state index in [-0.39, 0.29) is 0 Å². The van der Waals surface area contributed by atoms with Crippen LogP contribution in [0.25, 0.3) is 0 Å². The smallest absolute Gasteiger partial charge is 0.00696 e. The van der Waals surface area contributed by atoms with Gasteiger partial charge in [0.15, 0.2) is 0 Å². The van der Waals surface area contributed by atoms with Gasteiger partial charge < -0.3 is 5.32 Å². The Balaban J connectivity index is 2.19. The zero-order valence-electron chi connectivity index (χ0n) is 9.47. The van der Waals surface area contributed by atoms with Crippen molar-refractivity contribution in [3.05, 3.63) is 0 Å². The highest BCUT2D eigenvalue weighted by Gasteiger charge is 2.25. The lowest BCUT2D eigenvalue weighted by Crippen LogP contribution is -2.37. The molecule has 1 rings (SSSR count). The maximum Gasteiger partial charge on any atom is 0.00696 e. The predicted octanol–water partition coefficient (Wildman–Crippen LogP) is 3.34. The molecule has 1 aliphatic rings. The Morgan fingerprint density at radius 2 is 1.54 bits per heavy atom. The molecule has 0 radical (unpaired) electrons. The van der Waals surface area contributed by atoms with Crippen molar-refractivity contribution in [2.45, 2.75) is 71.4 Å². The van der Waals surface area contributed by atoms with E-state index in [1.165, 1.54) is 38.5 Å². The van der Waals surface area contributed by atoms with E-state index >= 15 is 0 Å². The van der Waals surface area contributed by atoms with Gasteiger partial charge in [0.25, 0.3) is 0 Å². The van der Waals surface area contributed by atoms with Gasteiger partial charge in [0.1, 0.15) is 0 Å². The van der Waals surface area contributed by atoms with Crippen LogP contribution < -0.4 is 5.32 Å². The predicted molar refractivity (Wildman–Crippen MR) is 58.9 cm³/mol. The molecule has 0 saturated heterocycles.